The number of ether oxygens (including phenoxy) is 1. The quantitative estimate of drug-likeness (QED) is 0.513. The molecule has 0 N–H and O–H groups in total. The number of nitrogens with zero attached hydrogens (tertiary/aromatic N) is 3. The van der Waals surface area contributed by atoms with Crippen LogP contribution < -0.4 is 10.3 Å². The molecule has 28 heavy (non-hydrogen) atoms. The van der Waals surface area contributed by atoms with E-state index in [4.69, 9.17) is 20.9 Å². The van der Waals surface area contributed by atoms with Crippen molar-refractivity contribution in [1.29, 1.82) is 0 Å². The van der Waals surface area contributed by atoms with Gasteiger partial charge in [0.2, 0.25) is 0 Å². The summed E-state index contributed by atoms with van der Waals surface area (Å²) in [5.74, 6) is 1.36. The second kappa shape index (κ2) is 7.13. The fraction of sp³-hybridized carbons (Fsp3) is 0.190. The maximum atomic E-state index is 12.6. The molecule has 0 aliphatic carbocycles. The van der Waals surface area contributed by atoms with Gasteiger partial charge in [-0.1, -0.05) is 16.8 Å². The second-order valence-electron chi connectivity index (χ2n) is 6.54. The number of pyridine rings is 2. The van der Waals surface area contributed by atoms with Gasteiger partial charge in [-0.3, -0.25) is 9.78 Å². The molecule has 0 amide bonds. The summed E-state index contributed by atoms with van der Waals surface area (Å²) in [6.07, 6.45) is 1.57. The lowest BCUT2D eigenvalue weighted by Gasteiger charge is -2.14. The van der Waals surface area contributed by atoms with Crippen molar-refractivity contribution in [3.63, 3.8) is 0 Å². The average Bonchev–Trinajstić information content (AvgIpc) is 3.03. The van der Waals surface area contributed by atoms with Crippen LogP contribution in [0.25, 0.3) is 22.0 Å². The summed E-state index contributed by atoms with van der Waals surface area (Å²) in [5, 5.41) is 5.50. The highest BCUT2D eigenvalue weighted by atomic mass is 35.5. The molecule has 3 aromatic heterocycles. The minimum Gasteiger partial charge on any atom is -0.496 e. The molecule has 4 aromatic rings. The van der Waals surface area contributed by atoms with E-state index in [1.54, 1.807) is 30.0 Å². The van der Waals surface area contributed by atoms with Gasteiger partial charge in [0, 0.05) is 23.9 Å². The van der Waals surface area contributed by atoms with E-state index < -0.39 is 0 Å². The normalized spacial score (nSPS) is 11.1. The minimum atomic E-state index is -0.114. The van der Waals surface area contributed by atoms with Crippen molar-refractivity contribution in [2.75, 3.05) is 7.11 Å². The third-order valence-corrected chi connectivity index (χ3v) is 4.95. The molecule has 6 nitrogen and oxygen atoms in total. The molecule has 4 rings (SSSR count). The van der Waals surface area contributed by atoms with E-state index in [1.807, 2.05) is 38.1 Å². The number of fused-ring (bicyclic) bond motifs is 1. The molecule has 7 heteroatoms. The zero-order chi connectivity index (χ0) is 19.8. The smallest absolute Gasteiger partial charge is 0.251 e. The van der Waals surface area contributed by atoms with Crippen molar-refractivity contribution in [2.45, 2.75) is 20.4 Å². The van der Waals surface area contributed by atoms with E-state index in [1.165, 1.54) is 0 Å². The first-order valence-corrected chi connectivity index (χ1v) is 9.11. The highest BCUT2D eigenvalue weighted by molar-refractivity contribution is 6.30. The van der Waals surface area contributed by atoms with Gasteiger partial charge in [0.15, 0.2) is 0 Å². The molecule has 0 spiro atoms. The molecular weight excluding hydrogens is 378 g/mol. The molecular formula is C21H18ClN3O3. The summed E-state index contributed by atoms with van der Waals surface area (Å²) in [4.78, 5) is 16.9. The number of rotatable bonds is 4. The standard InChI is InChI=1S/C21H18ClN3O3/c1-12-21(13(2)28-24-12)17-8-14-4-7-20(26)25(18(14)9-19(17)27-3)11-16-6-5-15(22)10-23-16/h4-10H,11H2,1-3H3. The van der Waals surface area contributed by atoms with Crippen LogP contribution in [0.2, 0.25) is 5.02 Å². The van der Waals surface area contributed by atoms with Crippen molar-refractivity contribution in [2.24, 2.45) is 0 Å². The van der Waals surface area contributed by atoms with Crippen molar-refractivity contribution in [3.8, 4) is 16.9 Å². The first-order valence-electron chi connectivity index (χ1n) is 8.73. The van der Waals surface area contributed by atoms with Gasteiger partial charge in [-0.15, -0.1) is 0 Å². The van der Waals surface area contributed by atoms with Crippen molar-refractivity contribution in [1.82, 2.24) is 14.7 Å². The number of aryl methyl sites for hydroxylation is 2. The van der Waals surface area contributed by atoms with Gasteiger partial charge in [-0.25, -0.2) is 0 Å². The molecule has 0 unspecified atom stereocenters. The fourth-order valence-electron chi connectivity index (χ4n) is 3.38. The number of methoxy groups -OCH3 is 1. The summed E-state index contributed by atoms with van der Waals surface area (Å²) in [7, 11) is 1.61. The van der Waals surface area contributed by atoms with Crippen LogP contribution in [0.5, 0.6) is 5.75 Å². The van der Waals surface area contributed by atoms with E-state index in [0.717, 1.165) is 33.4 Å². The molecule has 0 aliphatic rings. The van der Waals surface area contributed by atoms with Gasteiger partial charge >= 0.3 is 0 Å². The summed E-state index contributed by atoms with van der Waals surface area (Å²) in [6, 6.07) is 10.8. The summed E-state index contributed by atoms with van der Waals surface area (Å²) >= 11 is 5.91. The molecule has 0 atom stereocenters. The molecule has 0 saturated carbocycles. The number of benzene rings is 1. The second-order valence-corrected chi connectivity index (χ2v) is 6.97. The Morgan fingerprint density at radius 3 is 2.64 bits per heavy atom. The van der Waals surface area contributed by atoms with Crippen LogP contribution in [-0.2, 0) is 6.54 Å². The van der Waals surface area contributed by atoms with Crippen LogP contribution in [0.3, 0.4) is 0 Å². The van der Waals surface area contributed by atoms with E-state index in [2.05, 4.69) is 10.1 Å². The molecule has 0 saturated heterocycles. The van der Waals surface area contributed by atoms with Gasteiger partial charge in [-0.2, -0.15) is 0 Å². The van der Waals surface area contributed by atoms with E-state index in [0.29, 0.717) is 23.1 Å². The van der Waals surface area contributed by atoms with Gasteiger partial charge < -0.3 is 13.8 Å². The summed E-state index contributed by atoms with van der Waals surface area (Å²) in [5.41, 5.74) is 3.95. The molecule has 3 heterocycles. The first-order chi connectivity index (χ1) is 13.5. The summed E-state index contributed by atoms with van der Waals surface area (Å²) < 4.78 is 12.6. The van der Waals surface area contributed by atoms with Crippen molar-refractivity contribution < 1.29 is 9.26 Å². The van der Waals surface area contributed by atoms with Gasteiger partial charge in [-0.05, 0) is 43.5 Å². The molecule has 0 fully saturated rings. The predicted molar refractivity (Wildman–Crippen MR) is 108 cm³/mol. The first kappa shape index (κ1) is 18.3. The van der Waals surface area contributed by atoms with Crippen LogP contribution in [-0.4, -0.2) is 21.8 Å². The van der Waals surface area contributed by atoms with Crippen LogP contribution in [0, 0.1) is 13.8 Å². The van der Waals surface area contributed by atoms with Crippen LogP contribution in [0.1, 0.15) is 17.1 Å². The minimum absolute atomic E-state index is 0.114. The topological polar surface area (TPSA) is 70.2 Å². The van der Waals surface area contributed by atoms with Gasteiger partial charge in [0.25, 0.3) is 5.56 Å². The van der Waals surface area contributed by atoms with E-state index >= 15 is 0 Å². The molecule has 1 aromatic carbocycles. The lowest BCUT2D eigenvalue weighted by Crippen LogP contribution is -2.20. The van der Waals surface area contributed by atoms with E-state index in [9.17, 15) is 4.79 Å². The molecule has 142 valence electrons. The van der Waals surface area contributed by atoms with E-state index in [-0.39, 0.29) is 5.56 Å². The van der Waals surface area contributed by atoms with Crippen molar-refractivity contribution in [3.05, 3.63) is 75.1 Å². The van der Waals surface area contributed by atoms with Crippen LogP contribution >= 0.6 is 11.6 Å². The van der Waals surface area contributed by atoms with Gasteiger partial charge in [0.05, 0.1) is 41.1 Å². The molecule has 0 bridgehead atoms. The maximum Gasteiger partial charge on any atom is 0.251 e. The number of hydrogen-bond acceptors (Lipinski definition) is 5. The van der Waals surface area contributed by atoms with Crippen molar-refractivity contribution >= 4 is 22.5 Å². The largest absolute Gasteiger partial charge is 0.496 e. The van der Waals surface area contributed by atoms with Crippen LogP contribution in [0.4, 0.5) is 0 Å². The third kappa shape index (κ3) is 3.16. The number of aromatic nitrogens is 3. The predicted octanol–water partition coefficient (Wildman–Crippen LogP) is 4.38. The number of hydrogen-bond donors (Lipinski definition) is 0. The summed E-state index contributed by atoms with van der Waals surface area (Å²) in [6.45, 7) is 4.09. The monoisotopic (exact) mass is 395 g/mol. The third-order valence-electron chi connectivity index (χ3n) is 4.72. The fourth-order valence-corrected chi connectivity index (χ4v) is 3.49. The molecule has 0 radical (unpaired) electrons. The lowest BCUT2D eigenvalue weighted by atomic mass is 10.0. The highest BCUT2D eigenvalue weighted by Gasteiger charge is 2.18. The Balaban J connectivity index is 1.91. The van der Waals surface area contributed by atoms with Gasteiger partial charge in [0.1, 0.15) is 11.5 Å². The average molecular weight is 396 g/mol. The maximum absolute atomic E-state index is 12.6. The van der Waals surface area contributed by atoms with Crippen LogP contribution in [0.15, 0.2) is 51.9 Å². The zero-order valence-corrected chi connectivity index (χ0v) is 16.4. The highest BCUT2D eigenvalue weighted by Crippen LogP contribution is 2.37. The molecule has 0 aliphatic heterocycles. The Labute approximate surface area is 166 Å². The Morgan fingerprint density at radius 1 is 1.18 bits per heavy atom. The zero-order valence-electron chi connectivity index (χ0n) is 15.7. The lowest BCUT2D eigenvalue weighted by molar-refractivity contribution is 0.393. The Bertz CT molecular complexity index is 1210. The Hall–Kier alpha value is -3.12. The SMILES string of the molecule is COc1cc2c(ccc(=O)n2Cc2ccc(Cl)cn2)cc1-c1c(C)noc1C. The Kier molecular flexibility index (Phi) is 4.65. The number of halogens is 1. The Morgan fingerprint density at radius 2 is 2.00 bits per heavy atom.